The van der Waals surface area contributed by atoms with Crippen molar-refractivity contribution in [3.8, 4) is 34.1 Å². The zero-order chi connectivity index (χ0) is 23.5. The van der Waals surface area contributed by atoms with E-state index in [1.54, 1.807) is 33.5 Å². The number of aryl methyl sites for hydroxylation is 1. The van der Waals surface area contributed by atoms with E-state index in [2.05, 4.69) is 5.32 Å². The number of benzene rings is 1. The van der Waals surface area contributed by atoms with Gasteiger partial charge in [0.25, 0.3) is 0 Å². The average molecular weight is 456 g/mol. The fraction of sp³-hybridized carbons (Fsp3) is 0.440. The number of methoxy groups -OCH3 is 3. The third kappa shape index (κ3) is 4.48. The summed E-state index contributed by atoms with van der Waals surface area (Å²) in [4.78, 5) is 25.0. The van der Waals surface area contributed by atoms with Crippen LogP contribution in [0.2, 0.25) is 0 Å². The predicted molar refractivity (Wildman–Crippen MR) is 123 cm³/mol. The second kappa shape index (κ2) is 9.70. The van der Waals surface area contributed by atoms with Crippen molar-refractivity contribution in [3.63, 3.8) is 0 Å². The lowest BCUT2D eigenvalue weighted by Gasteiger charge is -2.20. The predicted octanol–water partition coefficient (Wildman–Crippen LogP) is 3.03. The number of nitrogens with one attached hydrogen (secondary N) is 1. The Hall–Kier alpha value is -3.26. The van der Waals surface area contributed by atoms with Gasteiger partial charge >= 0.3 is 0 Å². The monoisotopic (exact) mass is 455 g/mol. The smallest absolute Gasteiger partial charge is 0.220 e. The molecule has 8 nitrogen and oxygen atoms in total. The van der Waals surface area contributed by atoms with E-state index in [4.69, 9.17) is 23.7 Å². The maximum Gasteiger partial charge on any atom is 0.220 e. The van der Waals surface area contributed by atoms with Crippen molar-refractivity contribution in [2.45, 2.75) is 38.3 Å². The SMILES string of the molecule is COc1cc2c(c(OC)c1OC)-c1ccc(=O)c(OC3CCOC3)cc1[C@@H](NC(C)=O)CC2. The zero-order valence-electron chi connectivity index (χ0n) is 19.4. The Labute approximate surface area is 192 Å². The summed E-state index contributed by atoms with van der Waals surface area (Å²) in [7, 11) is 4.71. The highest BCUT2D eigenvalue weighted by Crippen LogP contribution is 2.50. The first kappa shape index (κ1) is 22.9. The first-order valence-electron chi connectivity index (χ1n) is 11.0. The van der Waals surface area contributed by atoms with Gasteiger partial charge < -0.3 is 29.0 Å². The molecule has 1 aliphatic carbocycles. The van der Waals surface area contributed by atoms with Gasteiger partial charge in [0.2, 0.25) is 17.1 Å². The van der Waals surface area contributed by atoms with E-state index in [1.165, 1.54) is 13.0 Å². The number of rotatable bonds is 6. The maximum absolute atomic E-state index is 12.9. The fourth-order valence-corrected chi connectivity index (χ4v) is 4.57. The number of carbonyl (C=O) groups is 1. The van der Waals surface area contributed by atoms with E-state index in [0.29, 0.717) is 43.3 Å². The molecule has 176 valence electrons. The molecule has 0 radical (unpaired) electrons. The molecule has 2 aliphatic rings. The first-order chi connectivity index (χ1) is 16.0. The Morgan fingerprint density at radius 1 is 1.03 bits per heavy atom. The number of hydrogen-bond donors (Lipinski definition) is 1. The molecule has 0 bridgehead atoms. The van der Waals surface area contributed by atoms with Crippen LogP contribution in [0.3, 0.4) is 0 Å². The normalized spacial score (nSPS) is 19.0. The fourth-order valence-electron chi connectivity index (χ4n) is 4.57. The highest BCUT2D eigenvalue weighted by Gasteiger charge is 2.30. The van der Waals surface area contributed by atoms with Crippen LogP contribution in [0.25, 0.3) is 11.1 Å². The van der Waals surface area contributed by atoms with Crippen molar-refractivity contribution in [3.05, 3.63) is 45.6 Å². The molecule has 0 spiro atoms. The van der Waals surface area contributed by atoms with Gasteiger partial charge in [-0.15, -0.1) is 0 Å². The molecule has 2 aromatic carbocycles. The Balaban J connectivity index is 1.97. The maximum atomic E-state index is 12.9. The molecule has 2 aromatic rings. The number of carbonyl (C=O) groups excluding carboxylic acids is 1. The summed E-state index contributed by atoms with van der Waals surface area (Å²) in [5, 5.41) is 3.04. The van der Waals surface area contributed by atoms with Gasteiger partial charge in [0, 0.05) is 18.9 Å². The molecule has 1 amide bonds. The lowest BCUT2D eigenvalue weighted by Crippen LogP contribution is -2.26. The van der Waals surface area contributed by atoms with Gasteiger partial charge in [-0.1, -0.05) is 0 Å². The van der Waals surface area contributed by atoms with E-state index < -0.39 is 0 Å². The third-order valence-corrected chi connectivity index (χ3v) is 6.06. The van der Waals surface area contributed by atoms with Gasteiger partial charge in [-0.3, -0.25) is 9.59 Å². The molecule has 0 saturated carbocycles. The van der Waals surface area contributed by atoms with Crippen LogP contribution >= 0.6 is 0 Å². The van der Waals surface area contributed by atoms with Crippen LogP contribution in [-0.2, 0) is 16.0 Å². The average Bonchev–Trinajstić information content (AvgIpc) is 3.21. The molecule has 1 heterocycles. The molecule has 33 heavy (non-hydrogen) atoms. The lowest BCUT2D eigenvalue weighted by atomic mass is 9.95. The Morgan fingerprint density at radius 2 is 1.82 bits per heavy atom. The van der Waals surface area contributed by atoms with Crippen LogP contribution in [0.5, 0.6) is 23.0 Å². The highest BCUT2D eigenvalue weighted by molar-refractivity contribution is 5.83. The quantitative estimate of drug-likeness (QED) is 0.716. The largest absolute Gasteiger partial charge is 0.493 e. The minimum atomic E-state index is -0.319. The van der Waals surface area contributed by atoms with Crippen LogP contribution in [0.1, 0.15) is 36.9 Å². The minimum Gasteiger partial charge on any atom is -0.493 e. The molecule has 0 aromatic heterocycles. The topological polar surface area (TPSA) is 92.3 Å². The number of hydrogen-bond acceptors (Lipinski definition) is 7. The van der Waals surface area contributed by atoms with E-state index in [0.717, 1.165) is 28.7 Å². The molecular formula is C25H29NO7. The van der Waals surface area contributed by atoms with Crippen molar-refractivity contribution in [2.24, 2.45) is 0 Å². The van der Waals surface area contributed by atoms with Gasteiger partial charge in [-0.05, 0) is 53.8 Å². The van der Waals surface area contributed by atoms with Crippen LogP contribution in [-0.4, -0.2) is 46.6 Å². The van der Waals surface area contributed by atoms with Gasteiger partial charge in [0.1, 0.15) is 6.10 Å². The summed E-state index contributed by atoms with van der Waals surface area (Å²) in [5.41, 5.74) is 3.10. The van der Waals surface area contributed by atoms with Crippen LogP contribution < -0.4 is 29.7 Å². The van der Waals surface area contributed by atoms with Crippen molar-refractivity contribution in [2.75, 3.05) is 34.5 Å². The van der Waals surface area contributed by atoms with Crippen LogP contribution in [0.4, 0.5) is 0 Å². The van der Waals surface area contributed by atoms with E-state index in [9.17, 15) is 9.59 Å². The van der Waals surface area contributed by atoms with E-state index in [-0.39, 0.29) is 29.2 Å². The molecule has 2 atom stereocenters. The molecule has 1 N–H and O–H groups in total. The number of amides is 1. The van der Waals surface area contributed by atoms with Crippen LogP contribution in [0.15, 0.2) is 29.1 Å². The van der Waals surface area contributed by atoms with Crippen molar-refractivity contribution in [1.82, 2.24) is 5.32 Å². The Morgan fingerprint density at radius 3 is 2.45 bits per heavy atom. The second-order valence-electron chi connectivity index (χ2n) is 8.15. The Kier molecular flexibility index (Phi) is 6.74. The molecule has 1 aliphatic heterocycles. The molecular weight excluding hydrogens is 426 g/mol. The van der Waals surface area contributed by atoms with Gasteiger partial charge in [0.15, 0.2) is 17.2 Å². The molecule has 4 rings (SSSR count). The highest BCUT2D eigenvalue weighted by atomic mass is 16.5. The summed E-state index contributed by atoms with van der Waals surface area (Å²) in [6, 6.07) is 6.63. The van der Waals surface area contributed by atoms with Gasteiger partial charge in [-0.25, -0.2) is 0 Å². The number of fused-ring (bicyclic) bond motifs is 3. The summed E-state index contributed by atoms with van der Waals surface area (Å²) in [6.07, 6.45) is 1.84. The van der Waals surface area contributed by atoms with Crippen molar-refractivity contribution < 1.29 is 28.5 Å². The minimum absolute atomic E-state index is 0.153. The van der Waals surface area contributed by atoms with E-state index >= 15 is 0 Å². The van der Waals surface area contributed by atoms with Gasteiger partial charge in [0.05, 0.1) is 40.6 Å². The molecule has 1 saturated heterocycles. The van der Waals surface area contributed by atoms with Crippen molar-refractivity contribution >= 4 is 5.91 Å². The summed E-state index contributed by atoms with van der Waals surface area (Å²) < 4.78 is 28.4. The van der Waals surface area contributed by atoms with E-state index in [1.807, 2.05) is 6.07 Å². The summed E-state index contributed by atoms with van der Waals surface area (Å²) in [5.74, 6) is 1.63. The first-order valence-corrected chi connectivity index (χ1v) is 11.0. The zero-order valence-corrected chi connectivity index (χ0v) is 19.4. The van der Waals surface area contributed by atoms with Crippen LogP contribution in [0, 0.1) is 0 Å². The summed E-state index contributed by atoms with van der Waals surface area (Å²) >= 11 is 0. The molecule has 8 heteroatoms. The Bertz CT molecular complexity index is 1110. The van der Waals surface area contributed by atoms with Crippen molar-refractivity contribution in [1.29, 1.82) is 0 Å². The lowest BCUT2D eigenvalue weighted by molar-refractivity contribution is -0.119. The summed E-state index contributed by atoms with van der Waals surface area (Å²) in [6.45, 7) is 2.54. The third-order valence-electron chi connectivity index (χ3n) is 6.06. The molecule has 1 unspecified atom stereocenters. The molecule has 1 fully saturated rings. The van der Waals surface area contributed by atoms with Gasteiger partial charge in [-0.2, -0.15) is 0 Å². The second-order valence-corrected chi connectivity index (χ2v) is 8.15. The number of ether oxygens (including phenoxy) is 5. The standard InChI is InChI=1S/C25H29NO7/c1-14(27)26-19-7-5-15-11-22(29-2)24(30-3)25(31-4)23(15)17-6-8-20(28)21(12-18(17)19)33-16-9-10-32-13-16/h6,8,11-12,16,19H,5,7,9-10,13H2,1-4H3,(H,26,27)/t16?,19-/m0/s1.